The molecule has 0 aliphatic rings. The Labute approximate surface area is 116 Å². The number of halogens is 1. The number of benzene rings is 1. The van der Waals surface area contributed by atoms with E-state index in [4.69, 9.17) is 11.6 Å². The summed E-state index contributed by atoms with van der Waals surface area (Å²) in [7, 11) is 0. The summed E-state index contributed by atoms with van der Waals surface area (Å²) in [6.07, 6.45) is 1.65. The van der Waals surface area contributed by atoms with Crippen LogP contribution in [0.4, 0.5) is 0 Å². The molecule has 0 fully saturated rings. The van der Waals surface area contributed by atoms with Gasteiger partial charge < -0.3 is 0 Å². The van der Waals surface area contributed by atoms with E-state index in [1.807, 2.05) is 28.9 Å². The fourth-order valence-electron chi connectivity index (χ4n) is 2.14. The fraction of sp³-hybridized carbons (Fsp3) is 0.214. The molecule has 1 aromatic carbocycles. The number of para-hydroxylation sites is 1. The molecule has 0 radical (unpaired) electrons. The zero-order valence-electron chi connectivity index (χ0n) is 10.7. The Hall–Kier alpha value is -1.94. The Kier molecular flexibility index (Phi) is 2.95. The van der Waals surface area contributed by atoms with Gasteiger partial charge in [-0.2, -0.15) is 5.10 Å². The van der Waals surface area contributed by atoms with Crippen LogP contribution in [0.3, 0.4) is 0 Å². The third-order valence-electron chi connectivity index (χ3n) is 2.97. The fourth-order valence-corrected chi connectivity index (χ4v) is 2.29. The summed E-state index contributed by atoms with van der Waals surface area (Å²) in [5.74, 6) is 0. The van der Waals surface area contributed by atoms with Crippen molar-refractivity contribution in [3.8, 4) is 11.4 Å². The SMILES string of the molecule is CC(C)n1nc(-c2ccnc(Cl)n2)c2ccccc21. The van der Waals surface area contributed by atoms with Gasteiger partial charge in [-0.05, 0) is 37.6 Å². The lowest BCUT2D eigenvalue weighted by atomic mass is 10.1. The first-order chi connectivity index (χ1) is 9.16. The van der Waals surface area contributed by atoms with Gasteiger partial charge in [0, 0.05) is 17.6 Å². The highest BCUT2D eigenvalue weighted by molar-refractivity contribution is 6.28. The van der Waals surface area contributed by atoms with Crippen molar-refractivity contribution in [2.24, 2.45) is 0 Å². The highest BCUT2D eigenvalue weighted by atomic mass is 35.5. The van der Waals surface area contributed by atoms with Crippen molar-refractivity contribution in [1.29, 1.82) is 0 Å². The maximum atomic E-state index is 5.86. The van der Waals surface area contributed by atoms with Crippen LogP contribution in [0.1, 0.15) is 19.9 Å². The molecule has 3 rings (SSSR count). The highest BCUT2D eigenvalue weighted by Crippen LogP contribution is 2.28. The van der Waals surface area contributed by atoms with Crippen molar-refractivity contribution < 1.29 is 0 Å². The first-order valence-electron chi connectivity index (χ1n) is 6.13. The second kappa shape index (κ2) is 4.63. The van der Waals surface area contributed by atoms with Crippen molar-refractivity contribution in [1.82, 2.24) is 19.7 Å². The summed E-state index contributed by atoms with van der Waals surface area (Å²) in [5, 5.41) is 5.98. The van der Waals surface area contributed by atoms with E-state index in [0.717, 1.165) is 22.3 Å². The van der Waals surface area contributed by atoms with E-state index >= 15 is 0 Å². The summed E-state index contributed by atoms with van der Waals surface area (Å²) >= 11 is 5.86. The van der Waals surface area contributed by atoms with E-state index in [1.54, 1.807) is 6.20 Å². The maximum absolute atomic E-state index is 5.86. The number of rotatable bonds is 2. The quantitative estimate of drug-likeness (QED) is 0.668. The van der Waals surface area contributed by atoms with E-state index in [2.05, 4.69) is 35.0 Å². The van der Waals surface area contributed by atoms with Crippen molar-refractivity contribution in [2.75, 3.05) is 0 Å². The molecule has 3 aromatic rings. The number of hydrogen-bond donors (Lipinski definition) is 0. The number of hydrogen-bond acceptors (Lipinski definition) is 3. The van der Waals surface area contributed by atoms with Crippen molar-refractivity contribution in [3.05, 3.63) is 41.8 Å². The van der Waals surface area contributed by atoms with Gasteiger partial charge in [0.15, 0.2) is 0 Å². The van der Waals surface area contributed by atoms with Crippen LogP contribution in [0, 0.1) is 0 Å². The summed E-state index contributed by atoms with van der Waals surface area (Å²) < 4.78 is 2.00. The predicted molar refractivity (Wildman–Crippen MR) is 76.2 cm³/mol. The molecule has 19 heavy (non-hydrogen) atoms. The molecule has 96 valence electrons. The van der Waals surface area contributed by atoms with E-state index in [1.165, 1.54) is 0 Å². The van der Waals surface area contributed by atoms with Gasteiger partial charge in [0.25, 0.3) is 0 Å². The maximum Gasteiger partial charge on any atom is 0.222 e. The number of nitrogens with zero attached hydrogens (tertiary/aromatic N) is 4. The molecule has 0 saturated carbocycles. The monoisotopic (exact) mass is 272 g/mol. The van der Waals surface area contributed by atoms with Crippen LogP contribution in [0.5, 0.6) is 0 Å². The lowest BCUT2D eigenvalue weighted by molar-refractivity contribution is 0.552. The van der Waals surface area contributed by atoms with Gasteiger partial charge in [-0.3, -0.25) is 4.68 Å². The highest BCUT2D eigenvalue weighted by Gasteiger charge is 2.14. The molecule has 0 atom stereocenters. The summed E-state index contributed by atoms with van der Waals surface area (Å²) in [6.45, 7) is 4.21. The summed E-state index contributed by atoms with van der Waals surface area (Å²) in [6, 6.07) is 10.2. The molecule has 0 spiro atoms. The number of aromatic nitrogens is 4. The first-order valence-corrected chi connectivity index (χ1v) is 6.51. The molecular weight excluding hydrogens is 260 g/mol. The van der Waals surface area contributed by atoms with Crippen molar-refractivity contribution >= 4 is 22.5 Å². The molecule has 0 aliphatic heterocycles. The molecule has 2 aromatic heterocycles. The van der Waals surface area contributed by atoms with Gasteiger partial charge in [-0.15, -0.1) is 0 Å². The molecule has 0 amide bonds. The third kappa shape index (κ3) is 2.08. The van der Waals surface area contributed by atoms with Crippen LogP contribution < -0.4 is 0 Å². The van der Waals surface area contributed by atoms with Crippen molar-refractivity contribution in [3.63, 3.8) is 0 Å². The van der Waals surface area contributed by atoms with Crippen molar-refractivity contribution in [2.45, 2.75) is 19.9 Å². The molecule has 0 unspecified atom stereocenters. The normalized spacial score (nSPS) is 11.4. The van der Waals surface area contributed by atoms with E-state index in [0.29, 0.717) is 0 Å². The van der Waals surface area contributed by atoms with Crippen LogP contribution in [-0.2, 0) is 0 Å². The minimum Gasteiger partial charge on any atom is -0.262 e. The Morgan fingerprint density at radius 3 is 2.68 bits per heavy atom. The van der Waals surface area contributed by atoms with Gasteiger partial charge in [0.2, 0.25) is 5.28 Å². The number of fused-ring (bicyclic) bond motifs is 1. The molecule has 5 heteroatoms. The van der Waals surface area contributed by atoms with Gasteiger partial charge in [-0.25, -0.2) is 9.97 Å². The van der Waals surface area contributed by atoms with Gasteiger partial charge >= 0.3 is 0 Å². The average Bonchev–Trinajstić information content (AvgIpc) is 2.78. The van der Waals surface area contributed by atoms with Crippen LogP contribution in [0.15, 0.2) is 36.5 Å². The smallest absolute Gasteiger partial charge is 0.222 e. The molecule has 4 nitrogen and oxygen atoms in total. The summed E-state index contributed by atoms with van der Waals surface area (Å²) in [5.41, 5.74) is 2.69. The Morgan fingerprint density at radius 2 is 1.95 bits per heavy atom. The van der Waals surface area contributed by atoms with Gasteiger partial charge in [0.1, 0.15) is 5.69 Å². The Balaban J connectivity index is 2.30. The molecule has 2 heterocycles. The first kappa shape index (κ1) is 12.1. The molecule has 0 N–H and O–H groups in total. The topological polar surface area (TPSA) is 43.6 Å². The summed E-state index contributed by atoms with van der Waals surface area (Å²) in [4.78, 5) is 8.15. The molecular formula is C14H13ClN4. The second-order valence-electron chi connectivity index (χ2n) is 4.61. The minimum absolute atomic E-state index is 0.237. The Morgan fingerprint density at radius 1 is 1.16 bits per heavy atom. The lowest BCUT2D eigenvalue weighted by Crippen LogP contribution is -2.02. The van der Waals surface area contributed by atoms with Crippen LogP contribution in [-0.4, -0.2) is 19.7 Å². The largest absolute Gasteiger partial charge is 0.262 e. The zero-order chi connectivity index (χ0) is 13.4. The lowest BCUT2D eigenvalue weighted by Gasteiger charge is -2.06. The van der Waals surface area contributed by atoms with E-state index < -0.39 is 0 Å². The predicted octanol–water partition coefficient (Wildman–Crippen LogP) is 3.73. The van der Waals surface area contributed by atoms with Gasteiger partial charge in [-0.1, -0.05) is 18.2 Å². The standard InChI is InChI=1S/C14H13ClN4/c1-9(2)19-12-6-4-3-5-10(12)13(18-19)11-7-8-16-14(15)17-11/h3-9H,1-2H3. The van der Waals surface area contributed by atoms with Gasteiger partial charge in [0.05, 0.1) is 11.2 Å². The van der Waals surface area contributed by atoms with E-state index in [-0.39, 0.29) is 11.3 Å². The third-order valence-corrected chi connectivity index (χ3v) is 3.15. The van der Waals surface area contributed by atoms with Crippen LogP contribution in [0.25, 0.3) is 22.3 Å². The molecule has 0 bridgehead atoms. The average molecular weight is 273 g/mol. The van der Waals surface area contributed by atoms with E-state index in [9.17, 15) is 0 Å². The Bertz CT molecular complexity index is 733. The zero-order valence-corrected chi connectivity index (χ0v) is 11.5. The van der Waals surface area contributed by atoms with Crippen LogP contribution >= 0.6 is 11.6 Å². The minimum atomic E-state index is 0.237. The second-order valence-corrected chi connectivity index (χ2v) is 4.95. The van der Waals surface area contributed by atoms with Crippen LogP contribution in [0.2, 0.25) is 5.28 Å². The molecule has 0 aliphatic carbocycles. The molecule has 0 saturated heterocycles.